The average molecular weight is 671 g/mol. The molecule has 264 valence electrons. The Kier molecular flexibility index (Phi) is 12.3. The topological polar surface area (TPSA) is 110 Å². The number of carbonyl (C=O) groups is 2. The van der Waals surface area contributed by atoms with E-state index in [2.05, 4.69) is 67.6 Å². The molecule has 0 radical (unpaired) electrons. The second kappa shape index (κ2) is 16.6. The van der Waals surface area contributed by atoms with Crippen molar-refractivity contribution in [2.45, 2.75) is 79.6 Å². The first kappa shape index (κ1) is 36.3. The van der Waals surface area contributed by atoms with Gasteiger partial charge in [-0.05, 0) is 100 Å². The van der Waals surface area contributed by atoms with Crippen molar-refractivity contribution in [3.8, 4) is 11.1 Å². The smallest absolute Gasteiger partial charge is 0.253 e. The Morgan fingerprint density at radius 2 is 1.63 bits per heavy atom. The normalized spacial score (nSPS) is 16.1. The van der Waals surface area contributed by atoms with Crippen molar-refractivity contribution in [3.63, 3.8) is 0 Å². The van der Waals surface area contributed by atoms with Gasteiger partial charge in [0.05, 0.1) is 6.54 Å². The van der Waals surface area contributed by atoms with E-state index in [0.29, 0.717) is 23.7 Å². The van der Waals surface area contributed by atoms with Crippen LogP contribution in [0.1, 0.15) is 71.9 Å². The maximum atomic E-state index is 13.9. The van der Waals surface area contributed by atoms with E-state index in [0.717, 1.165) is 99.0 Å². The van der Waals surface area contributed by atoms with Gasteiger partial charge < -0.3 is 25.3 Å². The first-order valence-corrected chi connectivity index (χ1v) is 17.8. The van der Waals surface area contributed by atoms with Crippen molar-refractivity contribution in [2.24, 2.45) is 0 Å². The third kappa shape index (κ3) is 9.38. The summed E-state index contributed by atoms with van der Waals surface area (Å²) in [4.78, 5) is 48.7. The molecule has 3 aromatic rings. The van der Waals surface area contributed by atoms with Gasteiger partial charge in [0.25, 0.3) is 11.5 Å². The minimum Gasteiger partial charge on any atom is -0.381 e. The molecule has 10 heteroatoms. The average Bonchev–Trinajstić information content (AvgIpc) is 3.06. The van der Waals surface area contributed by atoms with Crippen LogP contribution in [0.5, 0.6) is 0 Å². The fraction of sp³-hybridized carbons (Fsp3) is 0.513. The molecule has 0 atom stereocenters. The van der Waals surface area contributed by atoms with Gasteiger partial charge in [-0.25, -0.2) is 0 Å². The lowest BCUT2D eigenvalue weighted by atomic mass is 9.94. The van der Waals surface area contributed by atoms with Crippen LogP contribution in [-0.2, 0) is 22.6 Å². The number of piperazine rings is 1. The quantitative estimate of drug-likeness (QED) is 0.260. The highest BCUT2D eigenvalue weighted by Crippen LogP contribution is 2.34. The molecular formula is C39H54N6O4. The number of aromatic amines is 1. The monoisotopic (exact) mass is 670 g/mol. The zero-order valence-corrected chi connectivity index (χ0v) is 30.2. The molecular weight excluding hydrogens is 616 g/mol. The Morgan fingerprint density at radius 3 is 2.27 bits per heavy atom. The molecule has 1 aromatic heterocycles. The first-order valence-electron chi connectivity index (χ1n) is 17.8. The van der Waals surface area contributed by atoms with E-state index in [4.69, 9.17) is 4.74 Å². The number of rotatable bonds is 12. The molecule has 49 heavy (non-hydrogen) atoms. The van der Waals surface area contributed by atoms with Crippen molar-refractivity contribution in [1.82, 2.24) is 25.4 Å². The van der Waals surface area contributed by atoms with E-state index in [9.17, 15) is 14.4 Å². The Hall–Kier alpha value is -3.99. The van der Waals surface area contributed by atoms with E-state index in [1.54, 1.807) is 0 Å². The lowest BCUT2D eigenvalue weighted by Gasteiger charge is -2.37. The highest BCUT2D eigenvalue weighted by Gasteiger charge is 2.25. The third-order valence-electron chi connectivity index (χ3n) is 9.80. The maximum Gasteiger partial charge on any atom is 0.253 e. The number of ether oxygens (including phenoxy) is 1. The van der Waals surface area contributed by atoms with Gasteiger partial charge in [0.2, 0.25) is 5.91 Å². The molecule has 2 amide bonds. The van der Waals surface area contributed by atoms with Crippen molar-refractivity contribution < 1.29 is 14.3 Å². The molecule has 2 saturated heterocycles. The fourth-order valence-electron chi connectivity index (χ4n) is 7.12. The summed E-state index contributed by atoms with van der Waals surface area (Å²) < 4.78 is 5.67. The molecule has 3 N–H and O–H groups in total. The zero-order valence-electron chi connectivity index (χ0n) is 30.2. The molecule has 2 aliphatic heterocycles. The highest BCUT2D eigenvalue weighted by atomic mass is 16.5. The van der Waals surface area contributed by atoms with E-state index < -0.39 is 0 Å². The van der Waals surface area contributed by atoms with Crippen molar-refractivity contribution in [3.05, 3.63) is 86.3 Å². The minimum absolute atomic E-state index is 0.0883. The summed E-state index contributed by atoms with van der Waals surface area (Å²) in [6.45, 7) is 19.3. The van der Waals surface area contributed by atoms with Crippen LogP contribution < -0.4 is 21.1 Å². The standard InChI is InChI=1S/C39H54N6O4/c1-7-45(33-12-18-49-19-13-33)36-22-32(21-34(29(36)6)38(47)40-23-35-27(4)20-28(5)42-39(35)48)31-10-8-30(9-11-31)24-43-14-16-44(17-15-43)25-37(46)41-26(2)3/h8-11,20-22,26,33H,7,12-19,23-25H2,1-6H3,(H,40,47)(H,41,46)(H,42,48). The number of amides is 2. The van der Waals surface area contributed by atoms with Crippen LogP contribution in [0.25, 0.3) is 11.1 Å². The van der Waals surface area contributed by atoms with E-state index in [1.807, 2.05) is 46.8 Å². The van der Waals surface area contributed by atoms with Crippen molar-refractivity contribution in [2.75, 3.05) is 57.4 Å². The minimum atomic E-state index is -0.194. The number of nitrogens with zero attached hydrogens (tertiary/aromatic N) is 3. The molecule has 2 aliphatic rings. The van der Waals surface area contributed by atoms with Crippen LogP contribution in [-0.4, -0.2) is 91.2 Å². The molecule has 5 rings (SSSR count). The number of hydrogen-bond donors (Lipinski definition) is 3. The number of pyridine rings is 1. The van der Waals surface area contributed by atoms with Crippen LogP contribution >= 0.6 is 0 Å². The Labute approximate surface area is 291 Å². The van der Waals surface area contributed by atoms with Gasteiger partial charge in [-0.1, -0.05) is 24.3 Å². The lowest BCUT2D eigenvalue weighted by Crippen LogP contribution is -2.49. The summed E-state index contributed by atoms with van der Waals surface area (Å²) in [6, 6.07) is 15.3. The number of aryl methyl sites for hydroxylation is 2. The summed E-state index contributed by atoms with van der Waals surface area (Å²) >= 11 is 0. The summed E-state index contributed by atoms with van der Waals surface area (Å²) in [5.41, 5.74) is 7.94. The molecule has 0 bridgehead atoms. The molecule has 10 nitrogen and oxygen atoms in total. The predicted octanol–water partition coefficient (Wildman–Crippen LogP) is 4.54. The van der Waals surface area contributed by atoms with Gasteiger partial charge in [-0.2, -0.15) is 0 Å². The van der Waals surface area contributed by atoms with Gasteiger partial charge in [0.15, 0.2) is 0 Å². The van der Waals surface area contributed by atoms with Gasteiger partial charge in [-0.15, -0.1) is 0 Å². The van der Waals surface area contributed by atoms with Crippen LogP contribution in [0.2, 0.25) is 0 Å². The van der Waals surface area contributed by atoms with Gasteiger partial charge >= 0.3 is 0 Å². The van der Waals surface area contributed by atoms with Crippen molar-refractivity contribution >= 4 is 17.5 Å². The van der Waals surface area contributed by atoms with Crippen LogP contribution in [0.3, 0.4) is 0 Å². The Bertz CT molecular complexity index is 1650. The number of aromatic nitrogens is 1. The number of anilines is 1. The van der Waals surface area contributed by atoms with Crippen LogP contribution in [0, 0.1) is 20.8 Å². The first-order chi connectivity index (χ1) is 23.5. The summed E-state index contributed by atoms with van der Waals surface area (Å²) in [7, 11) is 0. The van der Waals surface area contributed by atoms with Gasteiger partial charge in [0, 0.05) is 93.6 Å². The number of carbonyl (C=O) groups excluding carboxylic acids is 2. The number of hydrogen-bond acceptors (Lipinski definition) is 7. The summed E-state index contributed by atoms with van der Waals surface area (Å²) in [5.74, 6) is -0.106. The second-order valence-corrected chi connectivity index (χ2v) is 13.9. The number of nitrogens with one attached hydrogen (secondary N) is 3. The fourth-order valence-corrected chi connectivity index (χ4v) is 7.12. The lowest BCUT2D eigenvalue weighted by molar-refractivity contribution is -0.123. The van der Waals surface area contributed by atoms with E-state index >= 15 is 0 Å². The molecule has 2 aromatic carbocycles. The van der Waals surface area contributed by atoms with Gasteiger partial charge in [0.1, 0.15) is 0 Å². The predicted molar refractivity (Wildman–Crippen MR) is 196 cm³/mol. The molecule has 0 spiro atoms. The number of benzene rings is 2. The summed E-state index contributed by atoms with van der Waals surface area (Å²) in [5, 5.41) is 6.03. The summed E-state index contributed by atoms with van der Waals surface area (Å²) in [6.07, 6.45) is 1.89. The Morgan fingerprint density at radius 1 is 0.959 bits per heavy atom. The van der Waals surface area contributed by atoms with Crippen molar-refractivity contribution in [1.29, 1.82) is 0 Å². The van der Waals surface area contributed by atoms with Crippen LogP contribution in [0.15, 0.2) is 47.3 Å². The van der Waals surface area contributed by atoms with E-state index in [1.165, 1.54) is 5.56 Å². The second-order valence-electron chi connectivity index (χ2n) is 13.9. The highest BCUT2D eigenvalue weighted by molar-refractivity contribution is 5.99. The maximum absolute atomic E-state index is 13.9. The van der Waals surface area contributed by atoms with Crippen LogP contribution in [0.4, 0.5) is 5.69 Å². The van der Waals surface area contributed by atoms with Gasteiger partial charge in [-0.3, -0.25) is 24.2 Å². The third-order valence-corrected chi connectivity index (χ3v) is 9.80. The zero-order chi connectivity index (χ0) is 35.1. The largest absolute Gasteiger partial charge is 0.381 e. The molecule has 0 aliphatic carbocycles. The SMILES string of the molecule is CCN(c1cc(-c2ccc(CN3CCN(CC(=O)NC(C)C)CC3)cc2)cc(C(=O)NCc2c(C)cc(C)[nH]c2=O)c1C)C1CCOCC1. The molecule has 3 heterocycles. The molecule has 2 fully saturated rings. The number of H-pyrrole nitrogens is 1. The molecule has 0 saturated carbocycles. The Balaban J connectivity index is 1.35. The van der Waals surface area contributed by atoms with E-state index in [-0.39, 0.29) is 30.0 Å². The molecule has 0 unspecified atom stereocenters.